The fourth-order valence-corrected chi connectivity index (χ4v) is 0.951. The molecule has 0 aromatic carbocycles. The molecular weight excluding hydrogens is 112 g/mol. The maximum absolute atomic E-state index is 4.97. The second-order valence-electron chi connectivity index (χ2n) is 2.90. The molecule has 0 radical (unpaired) electrons. The van der Waals surface area contributed by atoms with Crippen molar-refractivity contribution < 1.29 is 0 Å². The zero-order valence-electron chi connectivity index (χ0n) is 6.46. The van der Waals surface area contributed by atoms with Gasteiger partial charge in [0.05, 0.1) is 0 Å². The molecule has 0 aliphatic heterocycles. The van der Waals surface area contributed by atoms with Gasteiger partial charge in [0, 0.05) is 6.21 Å². The van der Waals surface area contributed by atoms with Gasteiger partial charge >= 0.3 is 0 Å². The van der Waals surface area contributed by atoms with Crippen molar-refractivity contribution in [1.29, 1.82) is 0 Å². The lowest BCUT2D eigenvalue weighted by atomic mass is 10.0. The van der Waals surface area contributed by atoms with Gasteiger partial charge < -0.3 is 5.84 Å². The van der Waals surface area contributed by atoms with Crippen LogP contribution in [0, 0.1) is 11.8 Å². The third-order valence-electron chi connectivity index (χ3n) is 1.18. The molecule has 0 aliphatic rings. The molecule has 0 amide bonds. The fourth-order valence-electron chi connectivity index (χ4n) is 0.951. The standard InChI is InChI=1S/C7H16N2/c1-6(2)4-7(3)5-9-8/h5-7H,4,8H2,1-3H3/b9-5-/t7-/m1/s1. The van der Waals surface area contributed by atoms with Gasteiger partial charge in [-0.05, 0) is 18.3 Å². The van der Waals surface area contributed by atoms with Crippen LogP contribution in [0.1, 0.15) is 27.2 Å². The van der Waals surface area contributed by atoms with Crippen molar-refractivity contribution >= 4 is 6.21 Å². The Morgan fingerprint density at radius 2 is 2.00 bits per heavy atom. The molecule has 0 aromatic rings. The first-order valence-corrected chi connectivity index (χ1v) is 3.40. The largest absolute Gasteiger partial charge is 0.324 e. The number of hydrogen-bond donors (Lipinski definition) is 1. The summed E-state index contributed by atoms with van der Waals surface area (Å²) in [7, 11) is 0. The van der Waals surface area contributed by atoms with Gasteiger partial charge in [-0.3, -0.25) is 0 Å². The summed E-state index contributed by atoms with van der Waals surface area (Å²) < 4.78 is 0. The van der Waals surface area contributed by atoms with E-state index in [-0.39, 0.29) is 0 Å². The summed E-state index contributed by atoms with van der Waals surface area (Å²) in [5, 5.41) is 3.46. The molecule has 0 saturated heterocycles. The van der Waals surface area contributed by atoms with Gasteiger partial charge in [0.1, 0.15) is 0 Å². The van der Waals surface area contributed by atoms with Crippen LogP contribution in [0.3, 0.4) is 0 Å². The summed E-state index contributed by atoms with van der Waals surface area (Å²) >= 11 is 0. The van der Waals surface area contributed by atoms with Crippen LogP contribution < -0.4 is 5.84 Å². The first-order chi connectivity index (χ1) is 4.16. The Morgan fingerprint density at radius 3 is 2.33 bits per heavy atom. The minimum Gasteiger partial charge on any atom is -0.324 e. The quantitative estimate of drug-likeness (QED) is 0.350. The second kappa shape index (κ2) is 4.36. The molecule has 0 fully saturated rings. The molecule has 2 N–H and O–H groups in total. The van der Waals surface area contributed by atoms with Crippen molar-refractivity contribution in [2.45, 2.75) is 27.2 Å². The van der Waals surface area contributed by atoms with E-state index in [1.165, 1.54) is 6.42 Å². The Balaban J connectivity index is 3.38. The zero-order chi connectivity index (χ0) is 7.28. The van der Waals surface area contributed by atoms with E-state index < -0.39 is 0 Å². The topological polar surface area (TPSA) is 38.4 Å². The van der Waals surface area contributed by atoms with Crippen LogP contribution in [0.15, 0.2) is 5.10 Å². The highest BCUT2D eigenvalue weighted by Gasteiger charge is 2.00. The summed E-state index contributed by atoms with van der Waals surface area (Å²) in [6.07, 6.45) is 2.96. The Bertz CT molecular complexity index is 86.9. The van der Waals surface area contributed by atoms with Gasteiger partial charge in [0.15, 0.2) is 0 Å². The summed E-state index contributed by atoms with van der Waals surface area (Å²) in [4.78, 5) is 0. The van der Waals surface area contributed by atoms with Crippen LogP contribution in [-0.2, 0) is 0 Å². The molecule has 0 saturated carbocycles. The van der Waals surface area contributed by atoms with E-state index in [0.717, 1.165) is 5.92 Å². The van der Waals surface area contributed by atoms with Crippen LogP contribution in [-0.4, -0.2) is 6.21 Å². The lowest BCUT2D eigenvalue weighted by molar-refractivity contribution is 0.526. The third-order valence-corrected chi connectivity index (χ3v) is 1.18. The highest BCUT2D eigenvalue weighted by atomic mass is 15.1. The maximum Gasteiger partial charge on any atom is 0.0268 e. The summed E-state index contributed by atoms with van der Waals surface area (Å²) in [6, 6.07) is 0. The predicted molar refractivity (Wildman–Crippen MR) is 41.3 cm³/mol. The van der Waals surface area contributed by atoms with Crippen molar-refractivity contribution in [2.24, 2.45) is 22.8 Å². The third kappa shape index (κ3) is 5.34. The van der Waals surface area contributed by atoms with Gasteiger partial charge in [-0.1, -0.05) is 20.8 Å². The molecule has 0 rings (SSSR count). The SMILES string of the molecule is CC(C)C[C@@H](C)/C=N\N. The molecule has 0 aliphatic carbocycles. The van der Waals surface area contributed by atoms with Gasteiger partial charge in [-0.2, -0.15) is 5.10 Å². The smallest absolute Gasteiger partial charge is 0.0268 e. The monoisotopic (exact) mass is 128 g/mol. The van der Waals surface area contributed by atoms with Gasteiger partial charge in [-0.15, -0.1) is 0 Å². The van der Waals surface area contributed by atoms with Crippen LogP contribution in [0.5, 0.6) is 0 Å². The molecule has 0 bridgehead atoms. The minimum atomic E-state index is 0.523. The second-order valence-corrected chi connectivity index (χ2v) is 2.90. The fraction of sp³-hybridized carbons (Fsp3) is 0.857. The van der Waals surface area contributed by atoms with E-state index in [1.807, 2.05) is 0 Å². The van der Waals surface area contributed by atoms with E-state index in [0.29, 0.717) is 5.92 Å². The molecule has 0 aromatic heterocycles. The van der Waals surface area contributed by atoms with Crippen LogP contribution in [0.4, 0.5) is 0 Å². The van der Waals surface area contributed by atoms with E-state index in [2.05, 4.69) is 25.9 Å². The first kappa shape index (κ1) is 8.47. The number of nitrogens with zero attached hydrogens (tertiary/aromatic N) is 1. The molecule has 0 spiro atoms. The van der Waals surface area contributed by atoms with E-state index in [1.54, 1.807) is 6.21 Å². The predicted octanol–water partition coefficient (Wildman–Crippen LogP) is 1.61. The van der Waals surface area contributed by atoms with Gasteiger partial charge in [0.25, 0.3) is 0 Å². The van der Waals surface area contributed by atoms with Crippen molar-refractivity contribution in [3.63, 3.8) is 0 Å². The highest BCUT2D eigenvalue weighted by Crippen LogP contribution is 2.07. The summed E-state index contributed by atoms with van der Waals surface area (Å²) in [5.74, 6) is 6.23. The van der Waals surface area contributed by atoms with Gasteiger partial charge in [0.2, 0.25) is 0 Å². The molecule has 2 nitrogen and oxygen atoms in total. The maximum atomic E-state index is 4.97. The average molecular weight is 128 g/mol. The molecular formula is C7H16N2. The Kier molecular flexibility index (Phi) is 4.10. The van der Waals surface area contributed by atoms with Crippen molar-refractivity contribution in [2.75, 3.05) is 0 Å². The lowest BCUT2D eigenvalue weighted by Gasteiger charge is -2.06. The van der Waals surface area contributed by atoms with Crippen LogP contribution >= 0.6 is 0 Å². The Morgan fingerprint density at radius 1 is 1.44 bits per heavy atom. The van der Waals surface area contributed by atoms with E-state index in [4.69, 9.17) is 5.84 Å². The Labute approximate surface area is 57.1 Å². The normalized spacial score (nSPS) is 15.1. The molecule has 0 heterocycles. The van der Waals surface area contributed by atoms with E-state index >= 15 is 0 Å². The van der Waals surface area contributed by atoms with Crippen molar-refractivity contribution in [3.05, 3.63) is 0 Å². The van der Waals surface area contributed by atoms with Gasteiger partial charge in [-0.25, -0.2) is 0 Å². The summed E-state index contributed by atoms with van der Waals surface area (Å²) in [5.41, 5.74) is 0. The van der Waals surface area contributed by atoms with Crippen molar-refractivity contribution in [3.8, 4) is 0 Å². The molecule has 9 heavy (non-hydrogen) atoms. The van der Waals surface area contributed by atoms with Crippen LogP contribution in [0.25, 0.3) is 0 Å². The molecule has 54 valence electrons. The Hall–Kier alpha value is -0.530. The number of rotatable bonds is 3. The average Bonchev–Trinajstić information content (AvgIpc) is 1.63. The first-order valence-electron chi connectivity index (χ1n) is 3.40. The van der Waals surface area contributed by atoms with Crippen molar-refractivity contribution in [1.82, 2.24) is 0 Å². The number of hydrogen-bond acceptors (Lipinski definition) is 2. The number of nitrogens with two attached hydrogens (primary N) is 1. The highest BCUT2D eigenvalue weighted by molar-refractivity contribution is 5.59. The minimum absolute atomic E-state index is 0.523. The number of hydrazone groups is 1. The zero-order valence-corrected chi connectivity index (χ0v) is 6.46. The van der Waals surface area contributed by atoms with Crippen LogP contribution in [0.2, 0.25) is 0 Å². The molecule has 2 heteroatoms. The van der Waals surface area contributed by atoms with E-state index in [9.17, 15) is 0 Å². The summed E-state index contributed by atoms with van der Waals surface area (Å²) in [6.45, 7) is 6.51. The lowest BCUT2D eigenvalue weighted by Crippen LogP contribution is -2.02. The molecule has 1 atom stereocenters. The molecule has 0 unspecified atom stereocenters.